The number of rotatable bonds is 9. The minimum absolute atomic E-state index is 0.145. The zero-order valence-corrected chi connectivity index (χ0v) is 16.4. The molecule has 7 nitrogen and oxygen atoms in total. The zero-order valence-electron chi connectivity index (χ0n) is 16.4. The first kappa shape index (κ1) is 20.4. The van der Waals surface area contributed by atoms with Gasteiger partial charge in [0.1, 0.15) is 23.0 Å². The minimum Gasteiger partial charge on any atom is -0.497 e. The van der Waals surface area contributed by atoms with Crippen LogP contribution in [0, 0.1) is 0 Å². The quantitative estimate of drug-likeness (QED) is 0.728. The normalized spacial score (nSPS) is 10.4. The van der Waals surface area contributed by atoms with Crippen molar-refractivity contribution in [2.45, 2.75) is 6.54 Å². The molecule has 0 aliphatic carbocycles. The molecule has 0 aliphatic heterocycles. The van der Waals surface area contributed by atoms with Crippen molar-refractivity contribution >= 4 is 11.6 Å². The number of nitrogens with one attached hydrogen (secondary N) is 1. The molecule has 0 atom stereocenters. The predicted octanol–water partition coefficient (Wildman–Crippen LogP) is 2.79. The van der Waals surface area contributed by atoms with Gasteiger partial charge in [-0.15, -0.1) is 0 Å². The molecule has 1 amide bonds. The fourth-order valence-corrected chi connectivity index (χ4v) is 2.67. The molecule has 0 aliphatic rings. The average molecular weight is 374 g/mol. The van der Waals surface area contributed by atoms with E-state index in [1.807, 2.05) is 30.1 Å². The molecular weight excluding hydrogens is 348 g/mol. The smallest absolute Gasteiger partial charge is 0.238 e. The van der Waals surface area contributed by atoms with Crippen molar-refractivity contribution in [1.29, 1.82) is 0 Å². The molecule has 0 unspecified atom stereocenters. The highest BCUT2D eigenvalue weighted by Gasteiger charge is 2.13. The first-order valence-electron chi connectivity index (χ1n) is 8.42. The van der Waals surface area contributed by atoms with Crippen molar-refractivity contribution in [2.24, 2.45) is 0 Å². The van der Waals surface area contributed by atoms with E-state index in [4.69, 9.17) is 18.9 Å². The lowest BCUT2D eigenvalue weighted by Gasteiger charge is -2.19. The largest absolute Gasteiger partial charge is 0.497 e. The topological polar surface area (TPSA) is 69.3 Å². The van der Waals surface area contributed by atoms with E-state index in [1.54, 1.807) is 46.6 Å². The van der Waals surface area contributed by atoms with E-state index < -0.39 is 0 Å². The number of nitrogens with zero attached hydrogens (tertiary/aromatic N) is 1. The second kappa shape index (κ2) is 9.68. The van der Waals surface area contributed by atoms with Crippen LogP contribution >= 0.6 is 0 Å². The molecule has 2 rings (SSSR count). The zero-order chi connectivity index (χ0) is 19.8. The van der Waals surface area contributed by atoms with Gasteiger partial charge in [0.2, 0.25) is 5.91 Å². The van der Waals surface area contributed by atoms with Gasteiger partial charge in [-0.25, -0.2) is 0 Å². The molecule has 1 N–H and O–H groups in total. The summed E-state index contributed by atoms with van der Waals surface area (Å²) < 4.78 is 21.1. The summed E-state index contributed by atoms with van der Waals surface area (Å²) in [5, 5.41) is 2.86. The molecule has 2 aromatic rings. The number of carbonyl (C=O) groups is 1. The molecule has 0 spiro atoms. The second-order valence-electron chi connectivity index (χ2n) is 5.96. The van der Waals surface area contributed by atoms with Crippen LogP contribution in [0.3, 0.4) is 0 Å². The fourth-order valence-electron chi connectivity index (χ4n) is 2.67. The summed E-state index contributed by atoms with van der Waals surface area (Å²) in [5.41, 5.74) is 1.56. The summed E-state index contributed by atoms with van der Waals surface area (Å²) in [6.45, 7) is 0.769. The average Bonchev–Trinajstić information content (AvgIpc) is 2.68. The Kier molecular flexibility index (Phi) is 7.31. The lowest BCUT2D eigenvalue weighted by atomic mass is 10.2. The van der Waals surface area contributed by atoms with Crippen LogP contribution < -0.4 is 24.3 Å². The van der Waals surface area contributed by atoms with E-state index in [2.05, 4.69) is 5.32 Å². The first-order valence-corrected chi connectivity index (χ1v) is 8.42. The number of anilines is 1. The van der Waals surface area contributed by atoms with Crippen LogP contribution in [0.5, 0.6) is 23.0 Å². The van der Waals surface area contributed by atoms with Crippen LogP contribution in [0.1, 0.15) is 5.56 Å². The van der Waals surface area contributed by atoms with Crippen molar-refractivity contribution in [3.63, 3.8) is 0 Å². The van der Waals surface area contributed by atoms with Gasteiger partial charge < -0.3 is 24.3 Å². The van der Waals surface area contributed by atoms with Gasteiger partial charge in [-0.3, -0.25) is 9.69 Å². The molecule has 0 saturated heterocycles. The van der Waals surface area contributed by atoms with E-state index in [0.717, 1.165) is 17.1 Å². The molecule has 27 heavy (non-hydrogen) atoms. The number of methoxy groups -OCH3 is 4. The molecule has 0 saturated carbocycles. The van der Waals surface area contributed by atoms with Gasteiger partial charge in [-0.2, -0.15) is 0 Å². The molecule has 2 aromatic carbocycles. The Hall–Kier alpha value is -2.93. The summed E-state index contributed by atoms with van der Waals surface area (Å²) in [6, 6.07) is 10.9. The SMILES string of the molecule is COc1ccc(CN(C)CC(=O)Nc2ccc(OC)cc2OC)c(OC)c1. The highest BCUT2D eigenvalue weighted by Crippen LogP contribution is 2.29. The Morgan fingerprint density at radius 2 is 1.48 bits per heavy atom. The van der Waals surface area contributed by atoms with Crippen molar-refractivity contribution < 1.29 is 23.7 Å². The van der Waals surface area contributed by atoms with Crippen LogP contribution in [0.4, 0.5) is 5.69 Å². The Labute approximate surface area is 159 Å². The maximum atomic E-state index is 12.4. The third-order valence-corrected chi connectivity index (χ3v) is 4.03. The molecule has 0 fully saturated rings. The van der Waals surface area contributed by atoms with Gasteiger partial charge in [0.05, 0.1) is 40.7 Å². The van der Waals surface area contributed by atoms with E-state index in [1.165, 1.54) is 0 Å². The van der Waals surface area contributed by atoms with E-state index >= 15 is 0 Å². The summed E-state index contributed by atoms with van der Waals surface area (Å²) in [4.78, 5) is 14.3. The minimum atomic E-state index is -0.145. The number of carbonyl (C=O) groups excluding carboxylic acids is 1. The maximum Gasteiger partial charge on any atom is 0.238 e. The molecule has 0 radical (unpaired) electrons. The van der Waals surface area contributed by atoms with Crippen LogP contribution in [-0.2, 0) is 11.3 Å². The number of benzene rings is 2. The third-order valence-electron chi connectivity index (χ3n) is 4.03. The highest BCUT2D eigenvalue weighted by molar-refractivity contribution is 5.93. The van der Waals surface area contributed by atoms with Crippen molar-refractivity contribution in [1.82, 2.24) is 4.90 Å². The van der Waals surface area contributed by atoms with E-state index in [9.17, 15) is 4.79 Å². The van der Waals surface area contributed by atoms with E-state index in [0.29, 0.717) is 23.7 Å². The number of hydrogen-bond donors (Lipinski definition) is 1. The number of likely N-dealkylation sites (N-methyl/N-ethyl adjacent to an activating group) is 1. The van der Waals surface area contributed by atoms with Crippen LogP contribution in [0.25, 0.3) is 0 Å². The van der Waals surface area contributed by atoms with Gasteiger partial charge in [-0.05, 0) is 25.2 Å². The number of amides is 1. The van der Waals surface area contributed by atoms with E-state index in [-0.39, 0.29) is 12.5 Å². The maximum absolute atomic E-state index is 12.4. The second-order valence-corrected chi connectivity index (χ2v) is 5.96. The fraction of sp³-hybridized carbons (Fsp3) is 0.350. The number of ether oxygens (including phenoxy) is 4. The van der Waals surface area contributed by atoms with Gasteiger partial charge >= 0.3 is 0 Å². The van der Waals surface area contributed by atoms with Crippen LogP contribution in [-0.4, -0.2) is 52.8 Å². The van der Waals surface area contributed by atoms with Gasteiger partial charge in [-0.1, -0.05) is 6.07 Å². The third kappa shape index (κ3) is 5.52. The van der Waals surface area contributed by atoms with Gasteiger partial charge in [0.25, 0.3) is 0 Å². The van der Waals surface area contributed by atoms with Crippen molar-refractivity contribution in [2.75, 3.05) is 47.3 Å². The van der Waals surface area contributed by atoms with Gasteiger partial charge in [0, 0.05) is 24.2 Å². The standard InChI is InChI=1S/C20H26N2O5/c1-22(12-14-6-7-15(24-2)10-18(14)26-4)13-20(23)21-17-9-8-16(25-3)11-19(17)27-5/h6-11H,12-13H2,1-5H3,(H,21,23). The highest BCUT2D eigenvalue weighted by atomic mass is 16.5. The monoisotopic (exact) mass is 374 g/mol. The predicted molar refractivity (Wildman–Crippen MR) is 104 cm³/mol. The Balaban J connectivity index is 2.00. The Morgan fingerprint density at radius 3 is 2.07 bits per heavy atom. The molecule has 146 valence electrons. The van der Waals surface area contributed by atoms with Gasteiger partial charge in [0.15, 0.2) is 0 Å². The molecule has 0 bridgehead atoms. The molecule has 0 heterocycles. The molecule has 7 heteroatoms. The van der Waals surface area contributed by atoms with Crippen molar-refractivity contribution in [3.05, 3.63) is 42.0 Å². The molecular formula is C20H26N2O5. The summed E-state index contributed by atoms with van der Waals surface area (Å²) in [7, 11) is 8.22. The lowest BCUT2D eigenvalue weighted by molar-refractivity contribution is -0.117. The summed E-state index contributed by atoms with van der Waals surface area (Å²) >= 11 is 0. The Morgan fingerprint density at radius 1 is 0.889 bits per heavy atom. The summed E-state index contributed by atoms with van der Waals surface area (Å²) in [6.07, 6.45) is 0. The summed E-state index contributed by atoms with van der Waals surface area (Å²) in [5.74, 6) is 2.50. The lowest BCUT2D eigenvalue weighted by Crippen LogP contribution is -2.30. The number of hydrogen-bond acceptors (Lipinski definition) is 6. The van der Waals surface area contributed by atoms with Crippen LogP contribution in [0.2, 0.25) is 0 Å². The van der Waals surface area contributed by atoms with Crippen molar-refractivity contribution in [3.8, 4) is 23.0 Å². The van der Waals surface area contributed by atoms with Crippen LogP contribution in [0.15, 0.2) is 36.4 Å². The Bertz CT molecular complexity index is 779. The first-order chi connectivity index (χ1) is 13.0. The molecule has 0 aromatic heterocycles.